The summed E-state index contributed by atoms with van der Waals surface area (Å²) in [7, 11) is 0. The summed E-state index contributed by atoms with van der Waals surface area (Å²) < 4.78 is 20.8. The highest BCUT2D eigenvalue weighted by Gasteiger charge is 2.20. The lowest BCUT2D eigenvalue weighted by Crippen LogP contribution is -2.20. The Kier molecular flexibility index (Phi) is 5.81. The molecule has 0 radical (unpaired) electrons. The van der Waals surface area contributed by atoms with Gasteiger partial charge in [-0.3, -0.25) is 14.2 Å². The minimum atomic E-state index is -0.679. The van der Waals surface area contributed by atoms with Crippen molar-refractivity contribution in [3.63, 3.8) is 0 Å². The molecule has 3 aromatic heterocycles. The maximum absolute atomic E-state index is 13.9. The van der Waals surface area contributed by atoms with Gasteiger partial charge in [0, 0.05) is 28.6 Å². The van der Waals surface area contributed by atoms with E-state index < -0.39 is 17.3 Å². The van der Waals surface area contributed by atoms with E-state index in [4.69, 9.17) is 15.6 Å². The number of benzene rings is 3. The average molecular weight is 524 g/mol. The minimum Gasteiger partial charge on any atom is -0.491 e. The van der Waals surface area contributed by atoms with Crippen LogP contribution in [0.4, 0.5) is 4.39 Å². The van der Waals surface area contributed by atoms with Gasteiger partial charge in [0.15, 0.2) is 5.69 Å². The van der Waals surface area contributed by atoms with E-state index in [1.807, 2.05) is 25.1 Å². The fourth-order valence-corrected chi connectivity index (χ4v) is 4.98. The third kappa shape index (κ3) is 3.98. The van der Waals surface area contributed by atoms with Crippen molar-refractivity contribution in [2.45, 2.75) is 6.92 Å². The highest BCUT2D eigenvalue weighted by Crippen LogP contribution is 2.38. The van der Waals surface area contributed by atoms with Gasteiger partial charge < -0.3 is 20.6 Å². The predicted octanol–water partition coefficient (Wildman–Crippen LogP) is 4.00. The normalized spacial score (nSPS) is 11.5. The minimum absolute atomic E-state index is 0.0913. The zero-order chi connectivity index (χ0) is 27.3. The number of aromatic amines is 1. The Morgan fingerprint density at radius 3 is 2.74 bits per heavy atom. The number of hydrogen-bond acceptors (Lipinski definition) is 6. The van der Waals surface area contributed by atoms with E-state index in [0.29, 0.717) is 28.0 Å². The van der Waals surface area contributed by atoms with Gasteiger partial charge in [-0.2, -0.15) is 0 Å². The Morgan fingerprint density at radius 1 is 1.10 bits per heavy atom. The predicted molar refractivity (Wildman–Crippen MR) is 146 cm³/mol. The van der Waals surface area contributed by atoms with E-state index in [-0.39, 0.29) is 24.3 Å². The molecular formula is C29H22FN5O4. The molecule has 0 unspecified atom stereocenters. The number of fused-ring (bicyclic) bond motifs is 4. The van der Waals surface area contributed by atoms with Gasteiger partial charge >= 0.3 is 0 Å². The van der Waals surface area contributed by atoms with Gasteiger partial charge in [-0.05, 0) is 54.4 Å². The van der Waals surface area contributed by atoms with Crippen LogP contribution >= 0.6 is 0 Å². The lowest BCUT2D eigenvalue weighted by molar-refractivity contribution is 0.0997. The largest absolute Gasteiger partial charge is 0.491 e. The SMILES string of the molecule is Cc1c(-c2cnc(C(N)=O)c3[nH]c4cc(OCCO)ccc4c23)cccc1-n1cnc2ccc(F)cc2c1=O. The van der Waals surface area contributed by atoms with Gasteiger partial charge in [-0.1, -0.05) is 12.1 Å². The second-order valence-electron chi connectivity index (χ2n) is 9.07. The van der Waals surface area contributed by atoms with Crippen LogP contribution in [-0.4, -0.2) is 43.7 Å². The zero-order valence-corrected chi connectivity index (χ0v) is 20.7. The quantitative estimate of drug-likeness (QED) is 0.302. The second kappa shape index (κ2) is 9.34. The van der Waals surface area contributed by atoms with Gasteiger partial charge in [0.1, 0.15) is 24.5 Å². The molecule has 0 saturated carbocycles. The summed E-state index contributed by atoms with van der Waals surface area (Å²) in [6.45, 7) is 1.90. The van der Waals surface area contributed by atoms with Crippen LogP contribution in [0.1, 0.15) is 16.1 Å². The topological polar surface area (TPSA) is 136 Å². The number of carbonyl (C=O) groups is 1. The number of halogens is 1. The number of amides is 1. The number of hydrogen-bond donors (Lipinski definition) is 3. The zero-order valence-electron chi connectivity index (χ0n) is 20.7. The number of H-pyrrole nitrogens is 1. The Hall–Kier alpha value is -5.09. The van der Waals surface area contributed by atoms with Crippen LogP contribution in [0, 0.1) is 12.7 Å². The summed E-state index contributed by atoms with van der Waals surface area (Å²) in [5, 5.41) is 10.8. The van der Waals surface area contributed by atoms with E-state index in [9.17, 15) is 14.0 Å². The second-order valence-corrected chi connectivity index (χ2v) is 9.07. The van der Waals surface area contributed by atoms with Gasteiger partial charge in [0.05, 0.1) is 34.2 Å². The van der Waals surface area contributed by atoms with Gasteiger partial charge in [0.2, 0.25) is 0 Å². The van der Waals surface area contributed by atoms with Crippen molar-refractivity contribution < 1.29 is 19.0 Å². The van der Waals surface area contributed by atoms with E-state index >= 15 is 0 Å². The molecule has 0 atom stereocenters. The average Bonchev–Trinajstić information content (AvgIpc) is 3.31. The molecule has 194 valence electrons. The van der Waals surface area contributed by atoms with Crippen molar-refractivity contribution in [3.8, 4) is 22.6 Å². The summed E-state index contributed by atoms with van der Waals surface area (Å²) in [4.78, 5) is 37.5. The summed E-state index contributed by atoms with van der Waals surface area (Å²) in [6, 6.07) is 14.8. The maximum atomic E-state index is 13.9. The summed E-state index contributed by atoms with van der Waals surface area (Å²) in [5.74, 6) is -0.644. The molecule has 0 aliphatic heterocycles. The van der Waals surface area contributed by atoms with Gasteiger partial charge in [-0.25, -0.2) is 14.4 Å². The van der Waals surface area contributed by atoms with Crippen LogP contribution in [0.2, 0.25) is 0 Å². The molecule has 39 heavy (non-hydrogen) atoms. The molecule has 0 aliphatic carbocycles. The van der Waals surface area contributed by atoms with Crippen LogP contribution in [0.5, 0.6) is 5.75 Å². The van der Waals surface area contributed by atoms with Crippen LogP contribution in [-0.2, 0) is 0 Å². The fourth-order valence-electron chi connectivity index (χ4n) is 4.98. The number of pyridine rings is 1. The fraction of sp³-hybridized carbons (Fsp3) is 0.103. The highest BCUT2D eigenvalue weighted by molar-refractivity contribution is 6.19. The first kappa shape index (κ1) is 24.3. The van der Waals surface area contributed by atoms with Crippen molar-refractivity contribution in [2.24, 2.45) is 5.73 Å². The molecule has 10 heteroatoms. The molecule has 0 spiro atoms. The smallest absolute Gasteiger partial charge is 0.269 e. The maximum Gasteiger partial charge on any atom is 0.269 e. The number of aromatic nitrogens is 4. The first-order valence-electron chi connectivity index (χ1n) is 12.1. The van der Waals surface area contributed by atoms with Gasteiger partial charge in [-0.15, -0.1) is 0 Å². The highest BCUT2D eigenvalue weighted by atomic mass is 19.1. The number of nitrogens with one attached hydrogen (secondary N) is 1. The Morgan fingerprint density at radius 2 is 1.95 bits per heavy atom. The molecule has 9 nitrogen and oxygen atoms in total. The van der Waals surface area contributed by atoms with E-state index in [1.54, 1.807) is 24.4 Å². The Labute approximate surface area is 220 Å². The van der Waals surface area contributed by atoms with Crippen LogP contribution < -0.4 is 16.0 Å². The summed E-state index contributed by atoms with van der Waals surface area (Å²) >= 11 is 0. The molecule has 0 aliphatic rings. The van der Waals surface area contributed by atoms with Crippen molar-refractivity contribution >= 4 is 38.6 Å². The number of rotatable bonds is 6. The lowest BCUT2D eigenvalue weighted by Gasteiger charge is -2.15. The first-order chi connectivity index (χ1) is 18.9. The Balaban J connectivity index is 1.59. The number of aliphatic hydroxyl groups excluding tert-OH is 1. The van der Waals surface area contributed by atoms with Crippen LogP contribution in [0.3, 0.4) is 0 Å². The number of ether oxygens (including phenoxy) is 1. The van der Waals surface area contributed by atoms with Crippen molar-refractivity contribution in [2.75, 3.05) is 13.2 Å². The molecule has 3 aromatic carbocycles. The third-order valence-corrected chi connectivity index (χ3v) is 6.77. The summed E-state index contributed by atoms with van der Waals surface area (Å²) in [6.07, 6.45) is 3.02. The molecule has 6 rings (SSSR count). The summed E-state index contributed by atoms with van der Waals surface area (Å²) in [5.41, 5.74) is 9.73. The molecule has 6 aromatic rings. The van der Waals surface area contributed by atoms with Crippen molar-refractivity contribution in [3.05, 3.63) is 94.5 Å². The molecule has 1 amide bonds. The lowest BCUT2D eigenvalue weighted by atomic mass is 9.95. The molecule has 0 fully saturated rings. The Bertz CT molecular complexity index is 2000. The van der Waals surface area contributed by atoms with Gasteiger partial charge in [0.25, 0.3) is 11.5 Å². The third-order valence-electron chi connectivity index (χ3n) is 6.77. The standard InChI is InChI=1S/C29H22FN5O4/c1-15-18(3-2-4-24(15)35-14-33-22-8-5-16(30)11-20(22)29(35)38)21-13-32-27(28(31)37)26-25(21)19-7-6-17(39-10-9-36)12-23(19)34-26/h2-8,11-14,34,36H,9-10H2,1H3,(H2,31,37). The van der Waals surface area contributed by atoms with E-state index in [2.05, 4.69) is 15.0 Å². The number of aliphatic hydroxyl groups is 1. The van der Waals surface area contributed by atoms with Crippen molar-refractivity contribution in [1.29, 1.82) is 0 Å². The monoisotopic (exact) mass is 523 g/mol. The number of primary amides is 1. The number of nitrogens with two attached hydrogens (primary N) is 1. The van der Waals surface area contributed by atoms with E-state index in [0.717, 1.165) is 27.5 Å². The van der Waals surface area contributed by atoms with Crippen molar-refractivity contribution in [1.82, 2.24) is 19.5 Å². The number of nitrogens with zero attached hydrogens (tertiary/aromatic N) is 3. The van der Waals surface area contributed by atoms with Crippen LogP contribution in [0.15, 0.2) is 71.9 Å². The van der Waals surface area contributed by atoms with Crippen LogP contribution in [0.25, 0.3) is 49.5 Å². The number of carbonyl (C=O) groups excluding carboxylic acids is 1. The molecule has 0 bridgehead atoms. The molecule has 3 heterocycles. The molecular weight excluding hydrogens is 501 g/mol. The first-order valence-corrected chi connectivity index (χ1v) is 12.1. The molecule has 0 saturated heterocycles. The van der Waals surface area contributed by atoms with E-state index in [1.165, 1.54) is 29.1 Å². The molecule has 4 N–H and O–H groups in total.